The van der Waals surface area contributed by atoms with Gasteiger partial charge in [0.1, 0.15) is 17.4 Å². The number of Topliss-reactive ketones (excluding diaryl/α,β-unsaturated/α-hetero) is 2. The van der Waals surface area contributed by atoms with Crippen LogP contribution in [0, 0.1) is 17.8 Å². The van der Waals surface area contributed by atoms with Gasteiger partial charge >= 0.3 is 0 Å². The minimum absolute atomic E-state index is 0.0941. The molecule has 7 N–H and O–H groups in total. The molecule has 3 saturated carbocycles. The van der Waals surface area contributed by atoms with E-state index < -0.39 is 58.7 Å². The van der Waals surface area contributed by atoms with Crippen molar-refractivity contribution in [1.29, 1.82) is 0 Å². The third kappa shape index (κ3) is 4.54. The average Bonchev–Trinajstić information content (AvgIpc) is 2.90. The number of carbonyl (C=O) groups excluding carboxylic acids is 3. The van der Waals surface area contributed by atoms with Crippen LogP contribution in [0.1, 0.15) is 55.2 Å². The molecule has 5 rings (SSSR count). The van der Waals surface area contributed by atoms with E-state index in [1.54, 1.807) is 19.0 Å². The first-order valence-corrected chi connectivity index (χ1v) is 14.5. The number of aliphatic hydroxyl groups excluding tert-OH is 2. The summed E-state index contributed by atoms with van der Waals surface area (Å²) in [5.74, 6) is -7.32. The lowest BCUT2D eigenvalue weighted by Gasteiger charge is -2.53. The largest absolute Gasteiger partial charge is 0.507 e. The maximum absolute atomic E-state index is 14.1. The zero-order valence-corrected chi connectivity index (χ0v) is 24.2. The molecule has 224 valence electrons. The molecule has 0 aliphatic heterocycles. The Kier molecular flexibility index (Phi) is 7.69. The van der Waals surface area contributed by atoms with Crippen LogP contribution in [0.2, 0.25) is 0 Å². The molecule has 4 aliphatic carbocycles. The number of ketones is 2. The maximum atomic E-state index is 14.1. The quantitative estimate of drug-likeness (QED) is 0.266. The molecule has 3 fully saturated rings. The van der Waals surface area contributed by atoms with Gasteiger partial charge in [0.25, 0.3) is 0 Å². The molecule has 6 atom stereocenters. The summed E-state index contributed by atoms with van der Waals surface area (Å²) in [5, 5.41) is 49.4. The minimum Gasteiger partial charge on any atom is -0.507 e. The van der Waals surface area contributed by atoms with E-state index in [0.717, 1.165) is 31.4 Å². The SMILES string of the molecule is CN(C)c1cc(CNC2CCCCC2)c(O)c2c1C[C@H]1C[C@H]3C(N(C)C)C(O)C(C(N)=O)C(=O)[C@@]3(O)C(=O)C1=C2O. The highest BCUT2D eigenvalue weighted by molar-refractivity contribution is 6.25. The molecule has 4 aliphatic rings. The summed E-state index contributed by atoms with van der Waals surface area (Å²) in [5.41, 5.74) is 4.80. The van der Waals surface area contributed by atoms with E-state index in [9.17, 15) is 34.8 Å². The van der Waals surface area contributed by atoms with Crippen LogP contribution in [0.15, 0.2) is 11.6 Å². The number of phenols is 1. The van der Waals surface area contributed by atoms with Crippen LogP contribution < -0.4 is 16.0 Å². The second kappa shape index (κ2) is 10.7. The third-order valence-electron chi connectivity index (χ3n) is 9.81. The molecule has 1 aromatic rings. The first-order chi connectivity index (χ1) is 19.3. The number of primary amides is 1. The standard InChI is InChI=1S/C30H42N4O7/c1-33(2)19-12-15(13-32-16-8-6-5-7-9-16)24(35)21-17(19)10-14-11-18-23(34(3)4)26(37)22(29(31)40)28(39)30(18,41)27(38)20(14)25(21)36/h12,14,16,18,22-23,26,32,35-37,41H,5-11,13H2,1-4H3,(H2,31,40)/t14-,18-,22?,23?,26?,30-/m0/s1. The van der Waals surface area contributed by atoms with Crippen molar-refractivity contribution < 1.29 is 34.8 Å². The second-order valence-electron chi connectivity index (χ2n) is 12.7. The number of nitrogens with zero attached hydrogens (tertiary/aromatic N) is 2. The van der Waals surface area contributed by atoms with Crippen molar-refractivity contribution in [2.75, 3.05) is 33.1 Å². The van der Waals surface area contributed by atoms with Gasteiger partial charge in [0.05, 0.1) is 11.7 Å². The Bertz CT molecular complexity index is 1300. The zero-order valence-electron chi connectivity index (χ0n) is 24.2. The van der Waals surface area contributed by atoms with Crippen molar-refractivity contribution in [2.45, 2.75) is 75.3 Å². The predicted molar refractivity (Wildman–Crippen MR) is 152 cm³/mol. The Morgan fingerprint density at radius 3 is 2.37 bits per heavy atom. The molecule has 41 heavy (non-hydrogen) atoms. The molecule has 0 radical (unpaired) electrons. The number of benzene rings is 1. The lowest BCUT2D eigenvalue weighted by molar-refractivity contribution is -0.184. The number of anilines is 1. The van der Waals surface area contributed by atoms with Gasteiger partial charge in [-0.25, -0.2) is 0 Å². The Balaban J connectivity index is 1.61. The lowest BCUT2D eigenvalue weighted by Crippen LogP contribution is -2.73. The van der Waals surface area contributed by atoms with Gasteiger partial charge in [0.2, 0.25) is 11.7 Å². The van der Waals surface area contributed by atoms with E-state index in [1.165, 1.54) is 6.42 Å². The van der Waals surface area contributed by atoms with Crippen LogP contribution in [0.5, 0.6) is 5.75 Å². The summed E-state index contributed by atoms with van der Waals surface area (Å²) in [6.45, 7) is 0.373. The topological polar surface area (TPSA) is 177 Å². The van der Waals surface area contributed by atoms with Gasteiger partial charge in [-0.15, -0.1) is 0 Å². The van der Waals surface area contributed by atoms with Crippen molar-refractivity contribution in [2.24, 2.45) is 23.5 Å². The van der Waals surface area contributed by atoms with E-state index >= 15 is 0 Å². The molecular formula is C30H42N4O7. The van der Waals surface area contributed by atoms with Gasteiger partial charge in [-0.2, -0.15) is 0 Å². The highest BCUT2D eigenvalue weighted by Gasteiger charge is 2.67. The number of carbonyl (C=O) groups is 3. The monoisotopic (exact) mass is 570 g/mol. The molecule has 0 spiro atoms. The van der Waals surface area contributed by atoms with Gasteiger partial charge in [0.15, 0.2) is 11.4 Å². The van der Waals surface area contributed by atoms with Gasteiger partial charge in [0, 0.05) is 55.5 Å². The summed E-state index contributed by atoms with van der Waals surface area (Å²) in [4.78, 5) is 43.3. The number of rotatable bonds is 6. The van der Waals surface area contributed by atoms with E-state index in [1.807, 2.05) is 25.1 Å². The Morgan fingerprint density at radius 1 is 1.12 bits per heavy atom. The van der Waals surface area contributed by atoms with Crippen LogP contribution in [-0.2, 0) is 27.3 Å². The Hall–Kier alpha value is -2.99. The van der Waals surface area contributed by atoms with Crippen LogP contribution in [0.25, 0.3) is 5.76 Å². The third-order valence-corrected chi connectivity index (χ3v) is 9.81. The fourth-order valence-corrected chi connectivity index (χ4v) is 7.80. The molecule has 11 heteroatoms. The summed E-state index contributed by atoms with van der Waals surface area (Å²) in [6, 6.07) is 1.32. The molecule has 0 heterocycles. The second-order valence-corrected chi connectivity index (χ2v) is 12.7. The van der Waals surface area contributed by atoms with Gasteiger partial charge in [-0.05, 0) is 57.3 Å². The number of aromatic hydroxyl groups is 1. The van der Waals surface area contributed by atoms with Gasteiger partial charge in [-0.1, -0.05) is 19.3 Å². The fraction of sp³-hybridized carbons (Fsp3) is 0.633. The molecule has 0 bridgehead atoms. The lowest BCUT2D eigenvalue weighted by atomic mass is 9.54. The van der Waals surface area contributed by atoms with Crippen molar-refractivity contribution in [3.8, 4) is 5.75 Å². The number of nitrogens with two attached hydrogens (primary N) is 1. The van der Waals surface area contributed by atoms with Crippen LogP contribution in [0.4, 0.5) is 5.69 Å². The highest BCUT2D eigenvalue weighted by atomic mass is 16.3. The first kappa shape index (κ1) is 29.5. The van der Waals surface area contributed by atoms with Crippen LogP contribution in [0.3, 0.4) is 0 Å². The fourth-order valence-electron chi connectivity index (χ4n) is 7.80. The molecule has 0 saturated heterocycles. The molecule has 0 aromatic heterocycles. The normalized spacial score (nSPS) is 32.0. The minimum atomic E-state index is -2.66. The van der Waals surface area contributed by atoms with Crippen LogP contribution >= 0.6 is 0 Å². The summed E-state index contributed by atoms with van der Waals surface area (Å²) >= 11 is 0. The molecule has 1 amide bonds. The molecular weight excluding hydrogens is 528 g/mol. The van der Waals surface area contributed by atoms with E-state index in [4.69, 9.17) is 5.73 Å². The summed E-state index contributed by atoms with van der Waals surface area (Å²) < 4.78 is 0. The highest BCUT2D eigenvalue weighted by Crippen LogP contribution is 2.53. The molecule has 11 nitrogen and oxygen atoms in total. The zero-order chi connectivity index (χ0) is 30.0. The van der Waals surface area contributed by atoms with Gasteiger partial charge < -0.3 is 41.3 Å². The molecule has 1 aromatic carbocycles. The van der Waals surface area contributed by atoms with Crippen molar-refractivity contribution in [1.82, 2.24) is 10.2 Å². The number of aliphatic hydroxyl groups is 3. The van der Waals surface area contributed by atoms with Gasteiger partial charge in [-0.3, -0.25) is 14.4 Å². The maximum Gasteiger partial charge on any atom is 0.230 e. The summed E-state index contributed by atoms with van der Waals surface area (Å²) in [7, 11) is 7.01. The number of fused-ring (bicyclic) bond motifs is 3. The number of nitrogens with one attached hydrogen (secondary N) is 1. The number of hydrogen-bond donors (Lipinski definition) is 6. The summed E-state index contributed by atoms with van der Waals surface area (Å²) in [6.07, 6.45) is 4.49. The predicted octanol–water partition coefficient (Wildman–Crippen LogP) is 0.617. The van der Waals surface area contributed by atoms with E-state index in [2.05, 4.69) is 5.32 Å². The Morgan fingerprint density at radius 2 is 1.78 bits per heavy atom. The Labute approximate surface area is 240 Å². The van der Waals surface area contributed by atoms with E-state index in [-0.39, 0.29) is 29.7 Å². The first-order valence-electron chi connectivity index (χ1n) is 14.5. The number of likely N-dealkylation sites (N-methyl/N-ethyl adjacent to an activating group) is 1. The number of hydrogen-bond acceptors (Lipinski definition) is 10. The number of amides is 1. The molecule has 3 unspecified atom stereocenters. The van der Waals surface area contributed by atoms with Crippen molar-refractivity contribution in [3.63, 3.8) is 0 Å². The van der Waals surface area contributed by atoms with Crippen molar-refractivity contribution >= 4 is 28.9 Å². The van der Waals surface area contributed by atoms with Crippen LogP contribution in [-0.4, -0.2) is 94.8 Å². The average molecular weight is 571 g/mol. The number of phenolic OH excluding ortho intramolecular Hbond substituents is 1. The van der Waals surface area contributed by atoms with E-state index in [0.29, 0.717) is 23.7 Å². The van der Waals surface area contributed by atoms with Crippen molar-refractivity contribution in [3.05, 3.63) is 28.3 Å². The smallest absolute Gasteiger partial charge is 0.230 e.